The molecule has 2 N–H and O–H groups in total. The lowest BCUT2D eigenvalue weighted by Crippen LogP contribution is -2.56. The highest BCUT2D eigenvalue weighted by Gasteiger charge is 2.49. The number of hydrogen-bond donors (Lipinski definition) is 2. The molecule has 178 valence electrons. The molecule has 0 unspecified atom stereocenters. The van der Waals surface area contributed by atoms with Crippen LogP contribution in [0.1, 0.15) is 54.8 Å². The predicted octanol–water partition coefficient (Wildman–Crippen LogP) is 4.63. The third-order valence-electron chi connectivity index (χ3n) is 7.27. The molecule has 1 heterocycles. The highest BCUT2D eigenvalue weighted by atomic mass is 16.5. The van der Waals surface area contributed by atoms with E-state index in [1.54, 1.807) is 14.2 Å². The molecule has 0 spiro atoms. The minimum Gasteiger partial charge on any atom is -0.493 e. The zero-order chi connectivity index (χ0) is 23.6. The van der Waals surface area contributed by atoms with Crippen LogP contribution in [-0.2, 0) is 4.79 Å². The van der Waals surface area contributed by atoms with Crippen LogP contribution < -0.4 is 14.8 Å². The first-order valence-corrected chi connectivity index (χ1v) is 11.9. The number of anilines is 1. The zero-order valence-corrected chi connectivity index (χ0v) is 20.2. The van der Waals surface area contributed by atoms with Gasteiger partial charge < -0.3 is 19.9 Å². The predicted molar refractivity (Wildman–Crippen MR) is 130 cm³/mol. The molecule has 4 rings (SSSR count). The molecule has 1 amide bonds. The number of nitrogens with one attached hydrogen (secondary N) is 1. The number of aliphatic hydroxyl groups is 1. The summed E-state index contributed by atoms with van der Waals surface area (Å²) < 4.78 is 11.0. The molecule has 33 heavy (non-hydrogen) atoms. The van der Waals surface area contributed by atoms with E-state index in [0.717, 1.165) is 48.1 Å². The van der Waals surface area contributed by atoms with Crippen molar-refractivity contribution in [3.8, 4) is 11.5 Å². The van der Waals surface area contributed by atoms with E-state index < -0.39 is 5.60 Å². The van der Waals surface area contributed by atoms with E-state index >= 15 is 0 Å². The molecule has 3 atom stereocenters. The summed E-state index contributed by atoms with van der Waals surface area (Å²) in [6.45, 7) is 5.01. The highest BCUT2D eigenvalue weighted by molar-refractivity contribution is 5.92. The number of aryl methyl sites for hydroxylation is 2. The number of hydrogen-bond acceptors (Lipinski definition) is 5. The number of carbonyl (C=O) groups is 1. The van der Waals surface area contributed by atoms with Crippen molar-refractivity contribution in [2.24, 2.45) is 5.92 Å². The van der Waals surface area contributed by atoms with Gasteiger partial charge in [0.05, 0.1) is 26.4 Å². The Hall–Kier alpha value is -2.57. The first-order valence-electron chi connectivity index (χ1n) is 11.9. The first-order chi connectivity index (χ1) is 15.8. The van der Waals surface area contributed by atoms with Crippen molar-refractivity contribution in [2.45, 2.75) is 57.6 Å². The van der Waals surface area contributed by atoms with Crippen molar-refractivity contribution in [1.82, 2.24) is 4.90 Å². The van der Waals surface area contributed by atoms with Crippen molar-refractivity contribution >= 4 is 11.6 Å². The Morgan fingerprint density at radius 3 is 2.48 bits per heavy atom. The molecule has 0 radical (unpaired) electrons. The normalized spacial score (nSPS) is 25.2. The topological polar surface area (TPSA) is 71.0 Å². The van der Waals surface area contributed by atoms with Gasteiger partial charge in [-0.25, -0.2) is 0 Å². The Balaban J connectivity index is 1.62. The standard InChI is InChI=1S/C27H36N2O4/c1-18-13-19(2)15-21(14-18)28-25(30)17-29-12-11-27(31)10-6-5-7-22(27)26(29)20-8-9-23(32-3)24(16-20)33-4/h8-9,13-16,22,26,31H,5-7,10-12,17H2,1-4H3,(H,28,30)/t22-,26+,27-/m1/s1. The van der Waals surface area contributed by atoms with Crippen LogP contribution >= 0.6 is 0 Å². The summed E-state index contributed by atoms with van der Waals surface area (Å²) in [5, 5.41) is 14.6. The third-order valence-corrected chi connectivity index (χ3v) is 7.27. The van der Waals surface area contributed by atoms with Crippen LogP contribution in [0.3, 0.4) is 0 Å². The van der Waals surface area contributed by atoms with Gasteiger partial charge in [-0.1, -0.05) is 25.0 Å². The van der Waals surface area contributed by atoms with Crippen molar-refractivity contribution in [3.63, 3.8) is 0 Å². The second kappa shape index (κ2) is 9.74. The van der Waals surface area contributed by atoms with Gasteiger partial charge in [0.2, 0.25) is 5.91 Å². The molecule has 1 saturated carbocycles. The Labute approximate surface area is 196 Å². The smallest absolute Gasteiger partial charge is 0.238 e. The fraction of sp³-hybridized carbons (Fsp3) is 0.519. The van der Waals surface area contributed by atoms with Crippen molar-refractivity contribution in [2.75, 3.05) is 32.6 Å². The van der Waals surface area contributed by atoms with Crippen molar-refractivity contribution in [3.05, 3.63) is 53.1 Å². The molecule has 2 aromatic rings. The number of ether oxygens (including phenoxy) is 2. The molecule has 2 fully saturated rings. The number of likely N-dealkylation sites (tertiary alicyclic amines) is 1. The minimum absolute atomic E-state index is 0.0354. The van der Waals surface area contributed by atoms with Crippen LogP contribution in [0.2, 0.25) is 0 Å². The van der Waals surface area contributed by atoms with Crippen LogP contribution in [0.5, 0.6) is 11.5 Å². The summed E-state index contributed by atoms with van der Waals surface area (Å²) in [6.07, 6.45) is 4.62. The van der Waals surface area contributed by atoms with E-state index in [0.29, 0.717) is 24.5 Å². The van der Waals surface area contributed by atoms with Gasteiger partial charge in [-0.05, 0) is 74.1 Å². The quantitative estimate of drug-likeness (QED) is 0.669. The second-order valence-electron chi connectivity index (χ2n) is 9.66. The molecule has 0 aromatic heterocycles. The number of nitrogens with zero attached hydrogens (tertiary/aromatic N) is 1. The molecule has 6 heteroatoms. The van der Waals surface area contributed by atoms with Crippen molar-refractivity contribution < 1.29 is 19.4 Å². The highest BCUT2D eigenvalue weighted by Crippen LogP contribution is 2.50. The molecule has 1 saturated heterocycles. The van der Waals surface area contributed by atoms with Gasteiger partial charge in [-0.3, -0.25) is 9.69 Å². The molecule has 1 aliphatic heterocycles. The first kappa shape index (κ1) is 23.6. The Morgan fingerprint density at radius 1 is 1.06 bits per heavy atom. The number of carbonyl (C=O) groups excluding carboxylic acids is 1. The van der Waals surface area contributed by atoms with E-state index in [9.17, 15) is 9.90 Å². The number of amides is 1. The SMILES string of the molecule is COc1ccc([C@H]2[C@H]3CCCC[C@@]3(O)CCN2CC(=O)Nc2cc(C)cc(C)c2)cc1OC. The average Bonchev–Trinajstić information content (AvgIpc) is 2.77. The summed E-state index contributed by atoms with van der Waals surface area (Å²) in [7, 11) is 3.26. The van der Waals surface area contributed by atoms with E-state index in [2.05, 4.69) is 16.3 Å². The Bertz CT molecular complexity index is 987. The number of methoxy groups -OCH3 is 2. The fourth-order valence-electron chi connectivity index (χ4n) is 5.83. The largest absolute Gasteiger partial charge is 0.493 e. The van der Waals surface area contributed by atoms with Gasteiger partial charge in [-0.15, -0.1) is 0 Å². The molecule has 1 aliphatic carbocycles. The van der Waals surface area contributed by atoms with Crippen LogP contribution in [0.4, 0.5) is 5.69 Å². The second-order valence-corrected chi connectivity index (χ2v) is 9.66. The average molecular weight is 453 g/mol. The van der Waals surface area contributed by atoms with Crippen LogP contribution in [0.25, 0.3) is 0 Å². The Morgan fingerprint density at radius 2 is 1.79 bits per heavy atom. The van der Waals surface area contributed by atoms with Gasteiger partial charge in [0.25, 0.3) is 0 Å². The van der Waals surface area contributed by atoms with Crippen LogP contribution in [0.15, 0.2) is 36.4 Å². The van der Waals surface area contributed by atoms with Crippen LogP contribution in [0, 0.1) is 19.8 Å². The zero-order valence-electron chi connectivity index (χ0n) is 20.2. The number of benzene rings is 2. The van der Waals surface area contributed by atoms with E-state index in [-0.39, 0.29) is 24.4 Å². The lowest BCUT2D eigenvalue weighted by atomic mass is 9.66. The van der Waals surface area contributed by atoms with Gasteiger partial charge >= 0.3 is 0 Å². The summed E-state index contributed by atoms with van der Waals surface area (Å²) in [6, 6.07) is 12.0. The number of rotatable bonds is 6. The maximum Gasteiger partial charge on any atom is 0.238 e. The van der Waals surface area contributed by atoms with Crippen LogP contribution in [-0.4, -0.2) is 48.8 Å². The maximum atomic E-state index is 13.1. The van der Waals surface area contributed by atoms with Crippen molar-refractivity contribution in [1.29, 1.82) is 0 Å². The minimum atomic E-state index is -0.684. The lowest BCUT2D eigenvalue weighted by Gasteiger charge is -2.52. The summed E-state index contributed by atoms with van der Waals surface area (Å²) in [5.41, 5.74) is 3.44. The van der Waals surface area contributed by atoms with Gasteiger partial charge in [0.15, 0.2) is 11.5 Å². The Kier molecular flexibility index (Phi) is 6.96. The number of piperidine rings is 1. The van der Waals surface area contributed by atoms with Gasteiger partial charge in [0.1, 0.15) is 0 Å². The molecule has 2 aromatic carbocycles. The third kappa shape index (κ3) is 5.02. The lowest BCUT2D eigenvalue weighted by molar-refractivity contribution is -0.135. The van der Waals surface area contributed by atoms with Gasteiger partial charge in [0, 0.05) is 24.2 Å². The molecule has 0 bridgehead atoms. The molecular formula is C27H36N2O4. The maximum absolute atomic E-state index is 13.1. The molecular weight excluding hydrogens is 416 g/mol. The van der Waals surface area contributed by atoms with E-state index in [4.69, 9.17) is 9.47 Å². The summed E-state index contributed by atoms with van der Waals surface area (Å²) in [5.74, 6) is 1.38. The fourth-order valence-corrected chi connectivity index (χ4v) is 5.83. The van der Waals surface area contributed by atoms with Gasteiger partial charge in [-0.2, -0.15) is 0 Å². The molecule has 2 aliphatic rings. The summed E-state index contributed by atoms with van der Waals surface area (Å²) in [4.78, 5) is 15.3. The summed E-state index contributed by atoms with van der Waals surface area (Å²) >= 11 is 0. The van der Waals surface area contributed by atoms with E-state index in [1.807, 2.05) is 44.2 Å². The van der Waals surface area contributed by atoms with E-state index in [1.165, 1.54) is 0 Å². The monoisotopic (exact) mass is 452 g/mol. The molecule has 6 nitrogen and oxygen atoms in total. The number of fused-ring (bicyclic) bond motifs is 1.